The first-order valence-electron chi connectivity index (χ1n) is 8.57. The SMILES string of the molecule is COc1cc(O)c(CC=C(C)C)c2c1C(=O)C(O)[C@H](c1ccc(O)cc1)O2. The summed E-state index contributed by atoms with van der Waals surface area (Å²) < 4.78 is 11.2. The lowest BCUT2D eigenvalue weighted by atomic mass is 9.90. The van der Waals surface area contributed by atoms with Crippen molar-refractivity contribution in [1.82, 2.24) is 0 Å². The highest BCUT2D eigenvalue weighted by atomic mass is 16.5. The monoisotopic (exact) mass is 370 g/mol. The van der Waals surface area contributed by atoms with E-state index in [0.717, 1.165) is 5.57 Å². The van der Waals surface area contributed by atoms with Gasteiger partial charge in [0.15, 0.2) is 12.2 Å². The summed E-state index contributed by atoms with van der Waals surface area (Å²) in [6.45, 7) is 3.87. The van der Waals surface area contributed by atoms with Crippen molar-refractivity contribution in [2.45, 2.75) is 32.5 Å². The van der Waals surface area contributed by atoms with Crippen LogP contribution in [-0.4, -0.2) is 34.3 Å². The molecule has 3 N–H and O–H groups in total. The highest BCUT2D eigenvalue weighted by molar-refractivity contribution is 6.06. The van der Waals surface area contributed by atoms with Gasteiger partial charge in [-0.05, 0) is 38.0 Å². The first-order chi connectivity index (χ1) is 12.8. The molecule has 0 amide bonds. The number of rotatable bonds is 4. The van der Waals surface area contributed by atoms with E-state index < -0.39 is 18.0 Å². The second-order valence-electron chi connectivity index (χ2n) is 6.71. The average Bonchev–Trinajstić information content (AvgIpc) is 2.63. The summed E-state index contributed by atoms with van der Waals surface area (Å²) in [7, 11) is 1.39. The normalized spacial score (nSPS) is 18.4. The molecule has 0 spiro atoms. The van der Waals surface area contributed by atoms with Crippen molar-refractivity contribution in [2.75, 3.05) is 7.11 Å². The van der Waals surface area contributed by atoms with E-state index in [-0.39, 0.29) is 28.6 Å². The molecule has 0 fully saturated rings. The van der Waals surface area contributed by atoms with E-state index in [0.29, 0.717) is 17.5 Å². The molecule has 142 valence electrons. The van der Waals surface area contributed by atoms with Gasteiger partial charge in [-0.15, -0.1) is 0 Å². The molecule has 1 unspecified atom stereocenters. The number of methoxy groups -OCH3 is 1. The number of ketones is 1. The average molecular weight is 370 g/mol. The molecule has 0 saturated heterocycles. The fraction of sp³-hybridized carbons (Fsp3) is 0.286. The number of allylic oxidation sites excluding steroid dienone is 2. The summed E-state index contributed by atoms with van der Waals surface area (Å²) in [4.78, 5) is 12.9. The molecule has 2 atom stereocenters. The summed E-state index contributed by atoms with van der Waals surface area (Å²) in [5.41, 5.74) is 2.16. The zero-order valence-electron chi connectivity index (χ0n) is 15.4. The summed E-state index contributed by atoms with van der Waals surface area (Å²) in [6.07, 6.45) is -0.109. The molecule has 1 aliphatic rings. The standard InChI is InChI=1S/C21H22O6/c1-11(2)4-9-14-15(23)10-16(26-3)17-18(24)19(25)20(27-21(14)17)12-5-7-13(22)8-6-12/h4-8,10,19-20,22-23,25H,9H2,1-3H3/t19?,20-/m0/s1. The summed E-state index contributed by atoms with van der Waals surface area (Å²) >= 11 is 0. The molecular weight excluding hydrogens is 348 g/mol. The summed E-state index contributed by atoms with van der Waals surface area (Å²) in [6, 6.07) is 7.44. The zero-order valence-corrected chi connectivity index (χ0v) is 15.4. The number of benzene rings is 2. The van der Waals surface area contributed by atoms with E-state index in [2.05, 4.69) is 0 Å². The van der Waals surface area contributed by atoms with Crippen LogP contribution < -0.4 is 9.47 Å². The third-order valence-corrected chi connectivity index (χ3v) is 4.53. The lowest BCUT2D eigenvalue weighted by Crippen LogP contribution is -2.37. The Morgan fingerprint density at radius 3 is 2.48 bits per heavy atom. The van der Waals surface area contributed by atoms with Gasteiger partial charge in [-0.25, -0.2) is 0 Å². The number of carbonyl (C=O) groups is 1. The molecule has 6 nitrogen and oxygen atoms in total. The van der Waals surface area contributed by atoms with Gasteiger partial charge in [0.25, 0.3) is 0 Å². The number of Topliss-reactive ketones (excluding diaryl/α,β-unsaturated/α-hetero) is 1. The molecule has 0 aliphatic carbocycles. The quantitative estimate of drug-likeness (QED) is 0.715. The predicted molar refractivity (Wildman–Crippen MR) is 99.6 cm³/mol. The first kappa shape index (κ1) is 18.8. The van der Waals surface area contributed by atoms with Crippen LogP contribution in [0.2, 0.25) is 0 Å². The van der Waals surface area contributed by atoms with E-state index >= 15 is 0 Å². The molecule has 0 aromatic heterocycles. The molecule has 0 saturated carbocycles. The van der Waals surface area contributed by atoms with E-state index in [9.17, 15) is 20.1 Å². The fourth-order valence-corrected chi connectivity index (χ4v) is 3.08. The van der Waals surface area contributed by atoms with E-state index in [4.69, 9.17) is 9.47 Å². The number of hydrogen-bond donors (Lipinski definition) is 3. The largest absolute Gasteiger partial charge is 0.508 e. The number of ether oxygens (including phenoxy) is 2. The lowest BCUT2D eigenvalue weighted by Gasteiger charge is -2.32. The van der Waals surface area contributed by atoms with Gasteiger partial charge in [-0.3, -0.25) is 4.79 Å². The zero-order chi connectivity index (χ0) is 19.7. The van der Waals surface area contributed by atoms with E-state index in [1.54, 1.807) is 12.1 Å². The number of phenols is 2. The van der Waals surface area contributed by atoms with Crippen LogP contribution >= 0.6 is 0 Å². The topological polar surface area (TPSA) is 96.2 Å². The van der Waals surface area contributed by atoms with Crippen LogP contribution in [0, 0.1) is 0 Å². The first-order valence-corrected chi connectivity index (χ1v) is 8.57. The van der Waals surface area contributed by atoms with Crippen molar-refractivity contribution in [1.29, 1.82) is 0 Å². The van der Waals surface area contributed by atoms with Crippen molar-refractivity contribution in [2.24, 2.45) is 0 Å². The van der Waals surface area contributed by atoms with Crippen LogP contribution in [0.15, 0.2) is 42.0 Å². The Morgan fingerprint density at radius 1 is 1.22 bits per heavy atom. The molecule has 2 aromatic carbocycles. The maximum absolute atomic E-state index is 12.9. The predicted octanol–water partition coefficient (Wildman–Crippen LogP) is 3.29. The minimum atomic E-state index is -1.43. The minimum Gasteiger partial charge on any atom is -0.508 e. The van der Waals surface area contributed by atoms with Crippen LogP contribution in [0.3, 0.4) is 0 Å². The van der Waals surface area contributed by atoms with E-state index in [1.807, 2.05) is 19.9 Å². The van der Waals surface area contributed by atoms with Crippen LogP contribution in [0.25, 0.3) is 0 Å². The number of aliphatic hydroxyl groups is 1. The molecule has 1 aliphatic heterocycles. The van der Waals surface area contributed by atoms with Crippen molar-refractivity contribution in [3.63, 3.8) is 0 Å². The fourth-order valence-electron chi connectivity index (χ4n) is 3.08. The summed E-state index contributed by atoms with van der Waals surface area (Å²) in [5.74, 6) is -0.157. The number of aromatic hydroxyl groups is 2. The Morgan fingerprint density at radius 2 is 1.89 bits per heavy atom. The summed E-state index contributed by atoms with van der Waals surface area (Å²) in [5, 5.41) is 30.5. The number of carbonyl (C=O) groups excluding carboxylic acids is 1. The van der Waals surface area contributed by atoms with Crippen LogP contribution in [-0.2, 0) is 6.42 Å². The molecule has 0 bridgehead atoms. The molecule has 27 heavy (non-hydrogen) atoms. The third-order valence-electron chi connectivity index (χ3n) is 4.53. The molecule has 3 rings (SSSR count). The Balaban J connectivity index is 2.15. The smallest absolute Gasteiger partial charge is 0.202 e. The molecule has 1 heterocycles. The maximum Gasteiger partial charge on any atom is 0.202 e. The van der Waals surface area contributed by atoms with Gasteiger partial charge in [-0.1, -0.05) is 23.8 Å². The van der Waals surface area contributed by atoms with Gasteiger partial charge in [0.2, 0.25) is 5.78 Å². The Kier molecular flexibility index (Phi) is 5.10. The second-order valence-corrected chi connectivity index (χ2v) is 6.71. The maximum atomic E-state index is 12.9. The highest BCUT2D eigenvalue weighted by Crippen LogP contribution is 2.46. The van der Waals surface area contributed by atoms with Gasteiger partial charge in [0.05, 0.1) is 7.11 Å². The molecule has 0 radical (unpaired) electrons. The Hall–Kier alpha value is -2.99. The number of aliphatic hydroxyl groups excluding tert-OH is 1. The molecular formula is C21H22O6. The lowest BCUT2D eigenvalue weighted by molar-refractivity contribution is 0.0206. The van der Waals surface area contributed by atoms with Gasteiger partial charge in [-0.2, -0.15) is 0 Å². The van der Waals surface area contributed by atoms with Crippen molar-refractivity contribution < 1.29 is 29.6 Å². The van der Waals surface area contributed by atoms with Crippen LogP contribution in [0.1, 0.15) is 41.4 Å². The molecule has 2 aromatic rings. The van der Waals surface area contributed by atoms with Crippen molar-refractivity contribution in [3.8, 4) is 23.0 Å². The number of phenolic OH excluding ortho intramolecular Hbond substituents is 2. The Labute approximate surface area is 157 Å². The van der Waals surface area contributed by atoms with Crippen molar-refractivity contribution >= 4 is 5.78 Å². The number of fused-ring (bicyclic) bond motifs is 1. The van der Waals surface area contributed by atoms with E-state index in [1.165, 1.54) is 25.3 Å². The second kappa shape index (κ2) is 7.32. The van der Waals surface area contributed by atoms with Gasteiger partial charge >= 0.3 is 0 Å². The van der Waals surface area contributed by atoms with Gasteiger partial charge in [0, 0.05) is 11.6 Å². The molecule has 6 heteroatoms. The van der Waals surface area contributed by atoms with Crippen LogP contribution in [0.5, 0.6) is 23.0 Å². The van der Waals surface area contributed by atoms with Crippen LogP contribution in [0.4, 0.5) is 0 Å². The number of hydrogen-bond acceptors (Lipinski definition) is 6. The highest BCUT2D eigenvalue weighted by Gasteiger charge is 2.40. The Bertz CT molecular complexity index is 894. The van der Waals surface area contributed by atoms with Crippen molar-refractivity contribution in [3.05, 3.63) is 58.7 Å². The van der Waals surface area contributed by atoms with Gasteiger partial charge < -0.3 is 24.8 Å². The minimum absolute atomic E-state index is 0.0447. The van der Waals surface area contributed by atoms with Gasteiger partial charge in [0.1, 0.15) is 28.6 Å². The third kappa shape index (κ3) is 3.48.